The number of sulfonamides is 1. The monoisotopic (exact) mass is 402 g/mol. The average Bonchev–Trinajstić information content (AvgIpc) is 2.95. The number of esters is 1. The van der Waals surface area contributed by atoms with Gasteiger partial charge >= 0.3 is 5.97 Å². The first kappa shape index (κ1) is 18.7. The van der Waals surface area contributed by atoms with Crippen molar-refractivity contribution >= 4 is 38.4 Å². The molecule has 0 bridgehead atoms. The highest BCUT2D eigenvalue weighted by molar-refractivity contribution is 7.93. The van der Waals surface area contributed by atoms with Gasteiger partial charge in [-0.15, -0.1) is 0 Å². The summed E-state index contributed by atoms with van der Waals surface area (Å²) in [6.07, 6.45) is 1.04. The number of benzene rings is 2. The van der Waals surface area contributed by atoms with Crippen LogP contribution < -0.4 is 4.31 Å². The lowest BCUT2D eigenvalue weighted by Crippen LogP contribution is -2.51. The maximum atomic E-state index is 13.2. The molecule has 0 aliphatic carbocycles. The van der Waals surface area contributed by atoms with Gasteiger partial charge in [0.05, 0.1) is 23.6 Å². The van der Waals surface area contributed by atoms with E-state index in [2.05, 4.69) is 0 Å². The molecule has 0 unspecified atom stereocenters. The maximum Gasteiger partial charge on any atom is 0.308 e. The number of amides is 1. The molecule has 148 valence electrons. The van der Waals surface area contributed by atoms with Crippen LogP contribution in [0, 0.1) is 5.92 Å². The summed E-state index contributed by atoms with van der Waals surface area (Å²) < 4.78 is 32.4. The van der Waals surface area contributed by atoms with Gasteiger partial charge in [-0.1, -0.05) is 24.3 Å². The molecule has 2 heterocycles. The van der Waals surface area contributed by atoms with Crippen LogP contribution in [-0.4, -0.2) is 51.4 Å². The molecule has 7 nitrogen and oxygen atoms in total. The van der Waals surface area contributed by atoms with Crippen molar-refractivity contribution in [1.82, 2.24) is 4.90 Å². The third-order valence-electron chi connectivity index (χ3n) is 5.67. The molecule has 0 N–H and O–H groups in total. The van der Waals surface area contributed by atoms with Crippen LogP contribution in [0.1, 0.15) is 19.8 Å². The molecule has 8 heteroatoms. The van der Waals surface area contributed by atoms with Crippen LogP contribution >= 0.6 is 0 Å². The Kier molecular flexibility index (Phi) is 4.53. The summed E-state index contributed by atoms with van der Waals surface area (Å²) in [5.41, 5.74) is 0.540. The van der Waals surface area contributed by atoms with Crippen molar-refractivity contribution in [3.05, 3.63) is 36.4 Å². The Bertz CT molecular complexity index is 1050. The number of piperidine rings is 1. The Morgan fingerprint density at radius 3 is 2.39 bits per heavy atom. The summed E-state index contributed by atoms with van der Waals surface area (Å²) in [6, 6.07) is 9.71. The second-order valence-corrected chi connectivity index (χ2v) is 9.01. The van der Waals surface area contributed by atoms with Crippen molar-refractivity contribution in [2.24, 2.45) is 5.92 Å². The van der Waals surface area contributed by atoms with Crippen molar-refractivity contribution in [3.8, 4) is 0 Å². The molecular weight excluding hydrogens is 380 g/mol. The van der Waals surface area contributed by atoms with Crippen LogP contribution in [0.3, 0.4) is 0 Å². The zero-order valence-corrected chi connectivity index (χ0v) is 16.6. The number of ether oxygens (including phenoxy) is 1. The van der Waals surface area contributed by atoms with Crippen LogP contribution in [0.2, 0.25) is 0 Å². The first-order valence-electron chi connectivity index (χ1n) is 9.29. The van der Waals surface area contributed by atoms with E-state index >= 15 is 0 Å². The van der Waals surface area contributed by atoms with Crippen molar-refractivity contribution in [2.75, 3.05) is 24.5 Å². The molecule has 2 aromatic carbocycles. The molecule has 1 amide bonds. The topological polar surface area (TPSA) is 84.0 Å². The van der Waals surface area contributed by atoms with Crippen molar-refractivity contribution in [2.45, 2.75) is 30.7 Å². The summed E-state index contributed by atoms with van der Waals surface area (Å²) in [6.45, 7) is 2.44. The van der Waals surface area contributed by atoms with E-state index in [4.69, 9.17) is 4.74 Å². The highest BCUT2D eigenvalue weighted by atomic mass is 32.2. The quantitative estimate of drug-likeness (QED) is 0.735. The van der Waals surface area contributed by atoms with E-state index in [0.29, 0.717) is 37.0 Å². The van der Waals surface area contributed by atoms with E-state index in [9.17, 15) is 18.0 Å². The first-order chi connectivity index (χ1) is 13.4. The van der Waals surface area contributed by atoms with Crippen LogP contribution in [0.15, 0.2) is 41.3 Å². The summed E-state index contributed by atoms with van der Waals surface area (Å²) in [5.74, 6) is -0.723. The van der Waals surface area contributed by atoms with Gasteiger partial charge in [-0.2, -0.15) is 0 Å². The van der Waals surface area contributed by atoms with Crippen molar-refractivity contribution in [1.29, 1.82) is 0 Å². The van der Waals surface area contributed by atoms with Crippen LogP contribution in [0.4, 0.5) is 5.69 Å². The molecule has 0 spiro atoms. The molecule has 2 aliphatic heterocycles. The molecule has 1 atom stereocenters. The van der Waals surface area contributed by atoms with Crippen LogP contribution in [0.5, 0.6) is 0 Å². The van der Waals surface area contributed by atoms with Gasteiger partial charge in [0.2, 0.25) is 5.91 Å². The smallest absolute Gasteiger partial charge is 0.308 e. The summed E-state index contributed by atoms with van der Waals surface area (Å²) >= 11 is 0. The molecule has 4 rings (SSSR count). The zero-order chi connectivity index (χ0) is 20.1. The summed E-state index contributed by atoms with van der Waals surface area (Å²) in [5, 5.41) is 1.49. The lowest BCUT2D eigenvalue weighted by Gasteiger charge is -2.35. The number of likely N-dealkylation sites (tertiary alicyclic amines) is 1. The first-order valence-corrected chi connectivity index (χ1v) is 10.7. The number of methoxy groups -OCH3 is 1. The van der Waals surface area contributed by atoms with E-state index in [1.54, 1.807) is 36.1 Å². The molecule has 28 heavy (non-hydrogen) atoms. The number of rotatable bonds is 3. The van der Waals surface area contributed by atoms with Gasteiger partial charge in [-0.25, -0.2) is 8.42 Å². The zero-order valence-electron chi connectivity index (χ0n) is 15.8. The standard InChI is InChI=1S/C20H22N2O5S/c1-13(19(23)21-11-9-15(10-12-21)20(24)27-2)22-16-7-3-5-14-6-4-8-17(18(14)16)28(22,25)26/h3-8,13,15H,9-12H2,1-2H3/t13-/m0/s1. The van der Waals surface area contributed by atoms with Gasteiger partial charge < -0.3 is 9.64 Å². The van der Waals surface area contributed by atoms with Gasteiger partial charge in [-0.05, 0) is 37.3 Å². The Morgan fingerprint density at radius 2 is 1.75 bits per heavy atom. The van der Waals surface area contributed by atoms with Gasteiger partial charge in [0.25, 0.3) is 10.0 Å². The number of hydrogen-bond donors (Lipinski definition) is 0. The van der Waals surface area contributed by atoms with Crippen molar-refractivity contribution < 1.29 is 22.7 Å². The average molecular weight is 402 g/mol. The van der Waals surface area contributed by atoms with Gasteiger partial charge in [0.1, 0.15) is 6.04 Å². The third kappa shape index (κ3) is 2.74. The number of carbonyl (C=O) groups excluding carboxylic acids is 2. The minimum atomic E-state index is -3.80. The Morgan fingerprint density at radius 1 is 1.11 bits per heavy atom. The number of nitrogens with zero attached hydrogens (tertiary/aromatic N) is 2. The van der Waals surface area contributed by atoms with E-state index in [-0.39, 0.29) is 22.7 Å². The fraction of sp³-hybridized carbons (Fsp3) is 0.400. The SMILES string of the molecule is COC(=O)C1CCN(C(=O)[C@H](C)N2c3cccc4cccc(c34)S2(=O)=O)CC1. The minimum absolute atomic E-state index is 0.210. The molecule has 2 aromatic rings. The molecule has 2 aliphatic rings. The lowest BCUT2D eigenvalue weighted by molar-refractivity contribution is -0.149. The predicted octanol–water partition coefficient (Wildman–Crippen LogP) is 2.15. The van der Waals surface area contributed by atoms with E-state index in [1.165, 1.54) is 11.4 Å². The Balaban J connectivity index is 1.61. The van der Waals surface area contributed by atoms with Crippen LogP contribution in [0.25, 0.3) is 10.8 Å². The molecule has 1 fully saturated rings. The number of hydrogen-bond acceptors (Lipinski definition) is 5. The minimum Gasteiger partial charge on any atom is -0.469 e. The summed E-state index contributed by atoms with van der Waals surface area (Å²) in [7, 11) is -2.44. The number of carbonyl (C=O) groups is 2. The fourth-order valence-electron chi connectivity index (χ4n) is 4.20. The van der Waals surface area contributed by atoms with Crippen molar-refractivity contribution in [3.63, 3.8) is 0 Å². The van der Waals surface area contributed by atoms with Gasteiger partial charge in [-0.3, -0.25) is 13.9 Å². The molecular formula is C20H22N2O5S. The third-order valence-corrected chi connectivity index (χ3v) is 7.60. The van der Waals surface area contributed by atoms with Gasteiger partial charge in [0.15, 0.2) is 0 Å². The molecule has 0 aromatic heterocycles. The number of anilines is 1. The lowest BCUT2D eigenvalue weighted by atomic mass is 9.96. The second kappa shape index (κ2) is 6.77. The van der Waals surface area contributed by atoms with E-state index < -0.39 is 16.1 Å². The van der Waals surface area contributed by atoms with Gasteiger partial charge in [0, 0.05) is 18.5 Å². The highest BCUT2D eigenvalue weighted by Gasteiger charge is 2.42. The summed E-state index contributed by atoms with van der Waals surface area (Å²) in [4.78, 5) is 26.7. The molecule has 0 saturated carbocycles. The van der Waals surface area contributed by atoms with Crippen LogP contribution in [-0.2, 0) is 24.3 Å². The Hall–Kier alpha value is -2.61. The second-order valence-electron chi connectivity index (χ2n) is 7.23. The normalized spacial score (nSPS) is 19.6. The van der Waals surface area contributed by atoms with E-state index in [0.717, 1.165) is 5.39 Å². The molecule has 0 radical (unpaired) electrons. The predicted molar refractivity (Wildman–Crippen MR) is 104 cm³/mol. The van der Waals surface area contributed by atoms with E-state index in [1.807, 2.05) is 12.1 Å². The highest BCUT2D eigenvalue weighted by Crippen LogP contribution is 2.43. The Labute approximate surface area is 163 Å². The maximum absolute atomic E-state index is 13.2. The largest absolute Gasteiger partial charge is 0.469 e. The fourth-order valence-corrected chi connectivity index (χ4v) is 6.07. The molecule has 1 saturated heterocycles.